The van der Waals surface area contributed by atoms with E-state index in [9.17, 15) is 0 Å². The van der Waals surface area contributed by atoms with Crippen LogP contribution in [0.2, 0.25) is 0 Å². The fourth-order valence-corrected chi connectivity index (χ4v) is 2.76. The molecule has 0 fully saturated rings. The molecule has 0 amide bonds. The summed E-state index contributed by atoms with van der Waals surface area (Å²) in [5, 5.41) is 4.33. The lowest BCUT2D eigenvalue weighted by molar-refractivity contribution is 1.10. The Bertz CT molecular complexity index is 1080. The number of rotatable bonds is 4. The maximum Gasteiger partial charge on any atom is 0.163 e. The van der Waals surface area contributed by atoms with Crippen molar-refractivity contribution >= 4 is 16.7 Å². The third kappa shape index (κ3) is 3.24. The van der Waals surface area contributed by atoms with Crippen LogP contribution in [0.4, 0.5) is 5.82 Å². The highest BCUT2D eigenvalue weighted by atomic mass is 15.0. The predicted octanol–water partition coefficient (Wildman–Crippen LogP) is 4.29. The molecule has 0 saturated heterocycles. The third-order valence-electron chi connectivity index (χ3n) is 4.08. The van der Waals surface area contributed by atoms with Crippen LogP contribution in [-0.2, 0) is 6.54 Å². The number of anilines is 1. The number of aromatic nitrogens is 3. The number of pyridine rings is 1. The summed E-state index contributed by atoms with van der Waals surface area (Å²) in [6.07, 6.45) is 9.05. The minimum Gasteiger partial charge on any atom is -0.365 e. The molecule has 0 atom stereocenters. The Morgan fingerprint density at radius 2 is 1.85 bits per heavy atom. The van der Waals surface area contributed by atoms with Crippen LogP contribution >= 0.6 is 0 Å². The van der Waals surface area contributed by atoms with Crippen LogP contribution in [-0.4, -0.2) is 15.0 Å². The van der Waals surface area contributed by atoms with Crippen LogP contribution in [0.1, 0.15) is 11.1 Å². The lowest BCUT2D eigenvalue weighted by Crippen LogP contribution is -2.04. The van der Waals surface area contributed by atoms with Crippen molar-refractivity contribution in [3.8, 4) is 23.7 Å². The third-order valence-corrected chi connectivity index (χ3v) is 4.08. The fourth-order valence-electron chi connectivity index (χ4n) is 2.76. The number of fused-ring (bicyclic) bond motifs is 1. The summed E-state index contributed by atoms with van der Waals surface area (Å²) in [4.78, 5) is 13.6. The zero-order valence-corrected chi connectivity index (χ0v) is 14.1. The molecule has 4 nitrogen and oxygen atoms in total. The number of hydrogen-bond donors (Lipinski definition) is 1. The summed E-state index contributed by atoms with van der Waals surface area (Å²) in [6.45, 7) is 0.666. The molecular weight excluding hydrogens is 320 g/mol. The van der Waals surface area contributed by atoms with E-state index in [1.807, 2.05) is 48.5 Å². The number of hydrogen-bond acceptors (Lipinski definition) is 4. The van der Waals surface area contributed by atoms with Crippen LogP contribution in [0.5, 0.6) is 0 Å². The molecule has 0 saturated carbocycles. The van der Waals surface area contributed by atoms with Gasteiger partial charge in [-0.25, -0.2) is 9.97 Å². The van der Waals surface area contributed by atoms with E-state index in [1.165, 1.54) is 5.56 Å². The first kappa shape index (κ1) is 15.8. The van der Waals surface area contributed by atoms with Crippen molar-refractivity contribution in [3.63, 3.8) is 0 Å². The molecular formula is C22H16N4. The lowest BCUT2D eigenvalue weighted by atomic mass is 10.1. The molecule has 26 heavy (non-hydrogen) atoms. The van der Waals surface area contributed by atoms with Gasteiger partial charge in [0.15, 0.2) is 5.82 Å². The highest BCUT2D eigenvalue weighted by Crippen LogP contribution is 2.26. The van der Waals surface area contributed by atoms with Crippen LogP contribution < -0.4 is 5.32 Å². The van der Waals surface area contributed by atoms with Gasteiger partial charge in [-0.2, -0.15) is 0 Å². The van der Waals surface area contributed by atoms with E-state index in [0.29, 0.717) is 12.4 Å². The molecule has 2 aromatic carbocycles. The molecule has 0 aliphatic carbocycles. The van der Waals surface area contributed by atoms with Gasteiger partial charge in [0, 0.05) is 35.5 Å². The average molecular weight is 336 g/mol. The monoisotopic (exact) mass is 336 g/mol. The highest BCUT2D eigenvalue weighted by Gasteiger charge is 2.10. The molecule has 0 spiro atoms. The molecule has 4 rings (SSSR count). The Morgan fingerprint density at radius 3 is 2.62 bits per heavy atom. The van der Waals surface area contributed by atoms with E-state index in [0.717, 1.165) is 27.8 Å². The van der Waals surface area contributed by atoms with Gasteiger partial charge >= 0.3 is 0 Å². The smallest absolute Gasteiger partial charge is 0.163 e. The Kier molecular flexibility index (Phi) is 4.28. The van der Waals surface area contributed by atoms with Gasteiger partial charge in [0.05, 0.1) is 5.52 Å². The molecule has 0 aliphatic heterocycles. The molecule has 0 aliphatic rings. The van der Waals surface area contributed by atoms with E-state index in [1.54, 1.807) is 12.4 Å². The van der Waals surface area contributed by atoms with E-state index in [-0.39, 0.29) is 0 Å². The largest absolute Gasteiger partial charge is 0.365 e. The molecule has 4 aromatic rings. The average Bonchev–Trinajstić information content (AvgIpc) is 2.73. The topological polar surface area (TPSA) is 50.7 Å². The van der Waals surface area contributed by atoms with E-state index < -0.39 is 0 Å². The highest BCUT2D eigenvalue weighted by molar-refractivity contribution is 5.91. The second-order valence-electron chi connectivity index (χ2n) is 5.85. The Hall–Kier alpha value is -3.71. The SMILES string of the molecule is C#Cc1ccc2nc(-c3cccnc3)nc(NCc3ccccc3)c2c1. The molecule has 124 valence electrons. The maximum atomic E-state index is 5.56. The summed E-state index contributed by atoms with van der Waals surface area (Å²) < 4.78 is 0. The molecule has 2 heterocycles. The molecule has 0 radical (unpaired) electrons. The van der Waals surface area contributed by atoms with Gasteiger partial charge in [-0.05, 0) is 35.9 Å². The zero-order valence-electron chi connectivity index (χ0n) is 14.1. The number of nitrogens with one attached hydrogen (secondary N) is 1. The summed E-state index contributed by atoms with van der Waals surface area (Å²) in [6, 6.07) is 19.8. The first-order valence-electron chi connectivity index (χ1n) is 8.30. The van der Waals surface area contributed by atoms with Crippen molar-refractivity contribution < 1.29 is 0 Å². The Morgan fingerprint density at radius 1 is 0.962 bits per heavy atom. The summed E-state index contributed by atoms with van der Waals surface area (Å²) in [7, 11) is 0. The first-order chi connectivity index (χ1) is 12.8. The van der Waals surface area contributed by atoms with Gasteiger partial charge in [-0.1, -0.05) is 36.3 Å². The molecule has 0 unspecified atom stereocenters. The predicted molar refractivity (Wildman–Crippen MR) is 104 cm³/mol. The van der Waals surface area contributed by atoms with Crippen LogP contribution in [0.3, 0.4) is 0 Å². The minimum atomic E-state index is 0.634. The zero-order chi connectivity index (χ0) is 17.8. The van der Waals surface area contributed by atoms with Gasteiger partial charge in [0.2, 0.25) is 0 Å². The molecule has 2 aromatic heterocycles. The Labute approximate surface area is 152 Å². The van der Waals surface area contributed by atoms with E-state index in [2.05, 4.69) is 33.3 Å². The fraction of sp³-hybridized carbons (Fsp3) is 0.0455. The van der Waals surface area contributed by atoms with Gasteiger partial charge in [-0.3, -0.25) is 4.98 Å². The van der Waals surface area contributed by atoms with Crippen molar-refractivity contribution in [1.82, 2.24) is 15.0 Å². The quantitative estimate of drug-likeness (QED) is 0.565. The molecule has 0 bridgehead atoms. The van der Waals surface area contributed by atoms with Crippen molar-refractivity contribution in [2.45, 2.75) is 6.54 Å². The van der Waals surface area contributed by atoms with Crippen LogP contribution in [0, 0.1) is 12.3 Å². The minimum absolute atomic E-state index is 0.634. The van der Waals surface area contributed by atoms with E-state index >= 15 is 0 Å². The van der Waals surface area contributed by atoms with Crippen LogP contribution in [0.25, 0.3) is 22.3 Å². The summed E-state index contributed by atoms with van der Waals surface area (Å²) in [5.74, 6) is 4.07. The van der Waals surface area contributed by atoms with Crippen molar-refractivity contribution in [1.29, 1.82) is 0 Å². The molecule has 4 heteroatoms. The van der Waals surface area contributed by atoms with Crippen molar-refractivity contribution in [2.75, 3.05) is 5.32 Å². The number of nitrogens with zero attached hydrogens (tertiary/aromatic N) is 3. The standard InChI is InChI=1S/C22H16N4/c1-2-16-10-11-20-19(13-16)22(24-14-17-7-4-3-5-8-17)26-21(25-20)18-9-6-12-23-15-18/h1,3-13,15H,14H2,(H,24,25,26). The first-order valence-corrected chi connectivity index (χ1v) is 8.30. The second-order valence-corrected chi connectivity index (χ2v) is 5.85. The summed E-state index contributed by atoms with van der Waals surface area (Å²) >= 11 is 0. The summed E-state index contributed by atoms with van der Waals surface area (Å²) in [5.41, 5.74) is 3.69. The van der Waals surface area contributed by atoms with Gasteiger partial charge in [-0.15, -0.1) is 6.42 Å². The van der Waals surface area contributed by atoms with Gasteiger partial charge in [0.25, 0.3) is 0 Å². The number of terminal acetylenes is 1. The normalized spacial score (nSPS) is 10.4. The maximum absolute atomic E-state index is 5.56. The van der Waals surface area contributed by atoms with Crippen molar-refractivity contribution in [3.05, 3.63) is 84.2 Å². The van der Waals surface area contributed by atoms with E-state index in [4.69, 9.17) is 11.4 Å². The lowest BCUT2D eigenvalue weighted by Gasteiger charge is -2.11. The Balaban J connectivity index is 1.80. The number of benzene rings is 2. The van der Waals surface area contributed by atoms with Crippen LogP contribution in [0.15, 0.2) is 73.1 Å². The van der Waals surface area contributed by atoms with Crippen molar-refractivity contribution in [2.24, 2.45) is 0 Å². The van der Waals surface area contributed by atoms with Gasteiger partial charge in [0.1, 0.15) is 5.82 Å². The molecule has 1 N–H and O–H groups in total. The van der Waals surface area contributed by atoms with Gasteiger partial charge < -0.3 is 5.32 Å². The second kappa shape index (κ2) is 7.04.